The van der Waals surface area contributed by atoms with Crippen LogP contribution in [-0.2, 0) is 0 Å². The summed E-state index contributed by atoms with van der Waals surface area (Å²) in [4.78, 5) is 0. The van der Waals surface area contributed by atoms with Crippen LogP contribution in [-0.4, -0.2) is 28.9 Å². The molecule has 0 rings (SSSR count). The second-order valence-corrected chi connectivity index (χ2v) is 1.36. The van der Waals surface area contributed by atoms with Gasteiger partial charge in [0.2, 0.25) is 0 Å². The smallest absolute Gasteiger partial charge is 0.0428 e. The second-order valence-electron chi connectivity index (χ2n) is 1.09. The molecule has 2 heteroatoms. The van der Waals surface area contributed by atoms with Crippen LogP contribution in [0.15, 0.2) is 12.2 Å². The molecular formula is C4H7ClMg. The summed E-state index contributed by atoms with van der Waals surface area (Å²) in [6, 6.07) is 0. The van der Waals surface area contributed by atoms with Crippen molar-refractivity contribution in [2.75, 3.05) is 5.88 Å². The molecule has 0 heterocycles. The molecule has 0 saturated heterocycles. The van der Waals surface area contributed by atoms with E-state index in [1.54, 1.807) is 0 Å². The first-order valence-corrected chi connectivity index (χ1v) is 2.01. The van der Waals surface area contributed by atoms with E-state index in [9.17, 15) is 0 Å². The molecule has 0 fully saturated rings. The zero-order chi connectivity index (χ0) is 4.28. The van der Waals surface area contributed by atoms with Crippen LogP contribution >= 0.6 is 11.6 Å². The third-order valence-electron chi connectivity index (χ3n) is 0.228. The summed E-state index contributed by atoms with van der Waals surface area (Å²) in [6.45, 7) is 5.44. The third-order valence-corrected chi connectivity index (χ3v) is 0.684. The van der Waals surface area contributed by atoms with Crippen molar-refractivity contribution in [2.45, 2.75) is 6.92 Å². The van der Waals surface area contributed by atoms with Gasteiger partial charge in [0, 0.05) is 28.9 Å². The van der Waals surface area contributed by atoms with E-state index in [-0.39, 0.29) is 23.1 Å². The molecule has 0 aromatic heterocycles. The van der Waals surface area contributed by atoms with Crippen molar-refractivity contribution < 1.29 is 0 Å². The van der Waals surface area contributed by atoms with Gasteiger partial charge in [-0.15, -0.1) is 11.6 Å². The van der Waals surface area contributed by atoms with Gasteiger partial charge >= 0.3 is 0 Å². The molecule has 0 aromatic rings. The Balaban J connectivity index is 0. The molecule has 0 saturated carbocycles. The standard InChI is InChI=1S/C4H7Cl.Mg/c1-4(2)3-5;/h1,3H2,2H3;. The van der Waals surface area contributed by atoms with Gasteiger partial charge in [0.1, 0.15) is 0 Å². The molecule has 0 bridgehead atoms. The van der Waals surface area contributed by atoms with E-state index in [4.69, 9.17) is 11.6 Å². The van der Waals surface area contributed by atoms with Crippen LogP contribution in [0.3, 0.4) is 0 Å². The topological polar surface area (TPSA) is 0 Å². The van der Waals surface area contributed by atoms with Crippen molar-refractivity contribution in [3.63, 3.8) is 0 Å². The average Bonchev–Trinajstić information content (AvgIpc) is 1.38. The summed E-state index contributed by atoms with van der Waals surface area (Å²) < 4.78 is 0. The molecule has 2 radical (unpaired) electrons. The maximum Gasteiger partial charge on any atom is 0.0428 e. The summed E-state index contributed by atoms with van der Waals surface area (Å²) in [6.07, 6.45) is 0. The predicted octanol–water partition coefficient (Wildman–Crippen LogP) is 1.42. The maximum atomic E-state index is 5.24. The Labute approximate surface area is 59.7 Å². The molecule has 0 aliphatic heterocycles. The molecule has 6 heavy (non-hydrogen) atoms. The van der Waals surface area contributed by atoms with Gasteiger partial charge in [-0.1, -0.05) is 12.2 Å². The summed E-state index contributed by atoms with van der Waals surface area (Å²) in [5.41, 5.74) is 1.02. The summed E-state index contributed by atoms with van der Waals surface area (Å²) >= 11 is 5.24. The van der Waals surface area contributed by atoms with Gasteiger partial charge in [-0.2, -0.15) is 0 Å². The van der Waals surface area contributed by atoms with Crippen LogP contribution in [0.1, 0.15) is 6.92 Å². The number of allylic oxidation sites excluding steroid dienone is 1. The predicted molar refractivity (Wildman–Crippen MR) is 31.3 cm³/mol. The molecule has 0 unspecified atom stereocenters. The lowest BCUT2D eigenvalue weighted by molar-refractivity contribution is 1.43. The van der Waals surface area contributed by atoms with Crippen molar-refractivity contribution in [1.82, 2.24) is 0 Å². The van der Waals surface area contributed by atoms with Gasteiger partial charge in [0.05, 0.1) is 0 Å². The molecule has 0 aliphatic rings. The fourth-order valence-electron chi connectivity index (χ4n) is 0. The summed E-state index contributed by atoms with van der Waals surface area (Å²) in [5.74, 6) is 0.583. The minimum absolute atomic E-state index is 0. The van der Waals surface area contributed by atoms with E-state index >= 15 is 0 Å². The van der Waals surface area contributed by atoms with E-state index in [2.05, 4.69) is 6.58 Å². The lowest BCUT2D eigenvalue weighted by Crippen LogP contribution is -1.65. The highest BCUT2D eigenvalue weighted by molar-refractivity contribution is 6.19. The largest absolute Gasteiger partial charge is 0.122 e. The van der Waals surface area contributed by atoms with E-state index in [0.717, 1.165) is 5.57 Å². The summed E-state index contributed by atoms with van der Waals surface area (Å²) in [7, 11) is 0. The monoisotopic (exact) mass is 114 g/mol. The Morgan fingerprint density at radius 2 is 2.00 bits per heavy atom. The van der Waals surface area contributed by atoms with Gasteiger partial charge in [0.25, 0.3) is 0 Å². The van der Waals surface area contributed by atoms with Crippen LogP contribution in [0.4, 0.5) is 0 Å². The van der Waals surface area contributed by atoms with E-state index in [1.165, 1.54) is 0 Å². The van der Waals surface area contributed by atoms with Crippen molar-refractivity contribution in [3.8, 4) is 0 Å². The van der Waals surface area contributed by atoms with Crippen LogP contribution in [0.25, 0.3) is 0 Å². The molecule has 0 spiro atoms. The zero-order valence-corrected chi connectivity index (χ0v) is 6.17. The van der Waals surface area contributed by atoms with Crippen LogP contribution in [0, 0.1) is 0 Å². The second kappa shape index (κ2) is 5.80. The van der Waals surface area contributed by atoms with Crippen molar-refractivity contribution >= 4 is 34.7 Å². The average molecular weight is 115 g/mol. The number of rotatable bonds is 1. The SMILES string of the molecule is C=C(C)CCl.[Mg]. The first kappa shape index (κ1) is 9.93. The van der Waals surface area contributed by atoms with Crippen molar-refractivity contribution in [3.05, 3.63) is 12.2 Å². The Hall–Kier alpha value is 0.796. The van der Waals surface area contributed by atoms with E-state index in [1.807, 2.05) is 6.92 Å². The lowest BCUT2D eigenvalue weighted by Gasteiger charge is -1.77. The molecular weight excluding hydrogens is 108 g/mol. The Morgan fingerprint density at radius 3 is 2.00 bits per heavy atom. The lowest BCUT2D eigenvalue weighted by atomic mass is 10.4. The molecule has 0 aliphatic carbocycles. The fourth-order valence-corrected chi connectivity index (χ4v) is 0. The Kier molecular flexibility index (Phi) is 9.59. The van der Waals surface area contributed by atoms with Gasteiger partial charge < -0.3 is 0 Å². The number of halogens is 1. The highest BCUT2D eigenvalue weighted by Gasteiger charge is 1.70. The highest BCUT2D eigenvalue weighted by atomic mass is 35.5. The normalized spacial score (nSPS) is 6.33. The number of alkyl halides is 1. The quantitative estimate of drug-likeness (QED) is 0.275. The number of hydrogen-bond donors (Lipinski definition) is 0. The van der Waals surface area contributed by atoms with Crippen LogP contribution in [0.2, 0.25) is 0 Å². The fraction of sp³-hybridized carbons (Fsp3) is 0.500. The first-order chi connectivity index (χ1) is 2.27. The van der Waals surface area contributed by atoms with Crippen LogP contribution < -0.4 is 0 Å². The van der Waals surface area contributed by atoms with E-state index < -0.39 is 0 Å². The number of hydrogen-bond acceptors (Lipinski definition) is 0. The molecule has 32 valence electrons. The summed E-state index contributed by atoms with van der Waals surface area (Å²) in [5, 5.41) is 0. The van der Waals surface area contributed by atoms with Gasteiger partial charge in [-0.05, 0) is 6.92 Å². The molecule has 0 atom stereocenters. The Bertz CT molecular complexity index is 42.8. The molecule has 0 amide bonds. The van der Waals surface area contributed by atoms with Crippen LogP contribution in [0.5, 0.6) is 0 Å². The first-order valence-electron chi connectivity index (χ1n) is 1.47. The third kappa shape index (κ3) is 8.84. The van der Waals surface area contributed by atoms with Gasteiger partial charge in [-0.25, -0.2) is 0 Å². The minimum atomic E-state index is 0. The van der Waals surface area contributed by atoms with Crippen molar-refractivity contribution in [2.24, 2.45) is 0 Å². The Morgan fingerprint density at radius 1 is 1.83 bits per heavy atom. The van der Waals surface area contributed by atoms with Gasteiger partial charge in [-0.3, -0.25) is 0 Å². The zero-order valence-electron chi connectivity index (χ0n) is 4.00. The minimum Gasteiger partial charge on any atom is -0.122 e. The van der Waals surface area contributed by atoms with Crippen molar-refractivity contribution in [1.29, 1.82) is 0 Å². The molecule has 0 nitrogen and oxygen atoms in total. The maximum absolute atomic E-state index is 5.24. The van der Waals surface area contributed by atoms with Gasteiger partial charge in [0.15, 0.2) is 0 Å². The molecule has 0 aromatic carbocycles. The van der Waals surface area contributed by atoms with E-state index in [0.29, 0.717) is 5.88 Å². The molecule has 0 N–H and O–H groups in total. The highest BCUT2D eigenvalue weighted by Crippen LogP contribution is 1.86.